The highest BCUT2D eigenvalue weighted by atomic mass is 35.5. The van der Waals surface area contributed by atoms with Gasteiger partial charge in [-0.15, -0.1) is 0 Å². The third kappa shape index (κ3) is 12.8. The van der Waals surface area contributed by atoms with Gasteiger partial charge in [0.15, 0.2) is 0 Å². The molecule has 0 aliphatic carbocycles. The Morgan fingerprint density at radius 1 is 0.514 bits per heavy atom. The predicted octanol–water partition coefficient (Wildman–Crippen LogP) is 10.7. The molecule has 72 heavy (non-hydrogen) atoms. The number of nitrogens with zero attached hydrogens (tertiary/aromatic N) is 2. The molecule has 0 aliphatic heterocycles. The van der Waals surface area contributed by atoms with E-state index in [9.17, 15) is 47.6 Å². The lowest BCUT2D eigenvalue weighted by Crippen LogP contribution is -2.52. The highest BCUT2D eigenvalue weighted by molar-refractivity contribution is 6.32. The average molecular weight is 1040 g/mol. The molecule has 6 aromatic rings. The van der Waals surface area contributed by atoms with Crippen LogP contribution >= 0.6 is 23.2 Å². The van der Waals surface area contributed by atoms with Crippen LogP contribution in [0, 0.1) is 37.1 Å². The van der Waals surface area contributed by atoms with Crippen LogP contribution in [-0.2, 0) is 49.1 Å². The largest absolute Gasteiger partial charge is 0.488 e. The van der Waals surface area contributed by atoms with Crippen molar-refractivity contribution in [1.29, 1.82) is 0 Å². The molecule has 0 bridgehead atoms. The summed E-state index contributed by atoms with van der Waals surface area (Å²) in [6.07, 6.45) is 0. The number of aliphatic carboxylic acids is 2. The zero-order valence-corrected chi connectivity index (χ0v) is 41.8. The number of aliphatic hydroxyl groups is 2. The summed E-state index contributed by atoms with van der Waals surface area (Å²) in [6.45, 7) is 4.76. The Morgan fingerprint density at radius 2 is 0.847 bits per heavy atom. The smallest absolute Gasteiger partial charge is 0.326 e. The lowest BCUT2D eigenvalue weighted by Gasteiger charge is -2.33. The maximum absolute atomic E-state index is 14.1. The Balaban J connectivity index is 1.24. The second-order valence-electron chi connectivity index (χ2n) is 17.9. The first-order valence-electron chi connectivity index (χ1n) is 22.4. The molecule has 4 N–H and O–H groups in total. The van der Waals surface area contributed by atoms with Gasteiger partial charge in [0.05, 0.1) is 23.3 Å². The molecular formula is C54H54Cl2F4N2O10. The number of benzene rings is 6. The van der Waals surface area contributed by atoms with E-state index in [2.05, 4.69) is 0 Å². The maximum atomic E-state index is 14.1. The van der Waals surface area contributed by atoms with Gasteiger partial charge >= 0.3 is 11.9 Å². The van der Waals surface area contributed by atoms with Gasteiger partial charge < -0.3 is 39.4 Å². The van der Waals surface area contributed by atoms with E-state index in [1.165, 1.54) is 49.9 Å². The van der Waals surface area contributed by atoms with Crippen LogP contribution in [0.2, 0.25) is 10.0 Å². The van der Waals surface area contributed by atoms with Gasteiger partial charge in [0.25, 0.3) is 0 Å². The van der Waals surface area contributed by atoms with Gasteiger partial charge in [-0.3, -0.25) is 19.4 Å². The summed E-state index contributed by atoms with van der Waals surface area (Å²) in [7, 11) is 3.03. The standard InChI is InChI=1S/C54H54Cl2F4N2O10/c1-31-35(27-71-49-21-47(69-25-33-13-39(57)19-40(58)14-33)37(17-45(49)55)23-61(5)53(3,29-63)51(65)66)9-7-11-43(31)44-12-8-10-36(32(44)2)28-72-50-22-48(70-26-34-15-41(59)20-42(60)16-34)38(18-46(50)56)24-62(6)54(4,30-64)52(67)68/h7-22,63-64H,23-30H2,1-6H3,(H,65,66)(H,67,68). The van der Waals surface area contributed by atoms with Crippen LogP contribution in [0.1, 0.15) is 58.4 Å². The minimum Gasteiger partial charge on any atom is -0.488 e. The molecular weight excluding hydrogens is 983 g/mol. The van der Waals surface area contributed by atoms with Crippen molar-refractivity contribution in [3.63, 3.8) is 0 Å². The van der Waals surface area contributed by atoms with Gasteiger partial charge in [-0.2, -0.15) is 0 Å². The number of ether oxygens (including phenoxy) is 4. The summed E-state index contributed by atoms with van der Waals surface area (Å²) in [5, 5.41) is 40.1. The molecule has 12 nitrogen and oxygen atoms in total. The zero-order chi connectivity index (χ0) is 52.7. The van der Waals surface area contributed by atoms with Crippen molar-refractivity contribution in [3.8, 4) is 34.1 Å². The highest BCUT2D eigenvalue weighted by Crippen LogP contribution is 2.39. The number of aliphatic hydroxyl groups excluding tert-OH is 2. The Bertz CT molecular complexity index is 2730. The molecule has 382 valence electrons. The second kappa shape index (κ2) is 23.4. The van der Waals surface area contributed by atoms with Crippen molar-refractivity contribution in [2.75, 3.05) is 27.3 Å². The number of hydrogen-bond donors (Lipinski definition) is 4. The minimum absolute atomic E-state index is 0.0451. The van der Waals surface area contributed by atoms with Crippen molar-refractivity contribution in [3.05, 3.63) is 175 Å². The van der Waals surface area contributed by atoms with Gasteiger partial charge in [-0.1, -0.05) is 59.6 Å². The van der Waals surface area contributed by atoms with E-state index in [0.717, 1.165) is 69.8 Å². The van der Waals surface area contributed by atoms with E-state index in [1.807, 2.05) is 50.2 Å². The molecule has 2 unspecified atom stereocenters. The molecule has 2 atom stereocenters. The van der Waals surface area contributed by atoms with Crippen molar-refractivity contribution in [1.82, 2.24) is 9.80 Å². The molecule has 0 spiro atoms. The SMILES string of the molecule is Cc1c(COc2cc(OCc3cc(F)cc(F)c3)c(CN(C)C(C)(CO)C(=O)O)cc2Cl)cccc1-c1cccc(COc2cc(OCc3cc(F)cc(F)c3)c(CN(C)C(C)(CO)C(=O)O)cc2Cl)c1C. The number of rotatable bonds is 23. The van der Waals surface area contributed by atoms with E-state index in [1.54, 1.807) is 12.1 Å². The summed E-state index contributed by atoms with van der Waals surface area (Å²) >= 11 is 13.6. The summed E-state index contributed by atoms with van der Waals surface area (Å²) in [5.41, 5.74) is 3.10. The Hall–Kier alpha value is -6.40. The summed E-state index contributed by atoms with van der Waals surface area (Å²) in [6, 6.07) is 23.6. The fraction of sp³-hybridized carbons (Fsp3) is 0.296. The fourth-order valence-corrected chi connectivity index (χ4v) is 8.22. The number of hydrogen-bond acceptors (Lipinski definition) is 10. The first-order valence-corrected chi connectivity index (χ1v) is 23.2. The van der Waals surface area contributed by atoms with Crippen LogP contribution in [0.5, 0.6) is 23.0 Å². The third-order valence-electron chi connectivity index (χ3n) is 12.8. The number of carboxylic acids is 2. The van der Waals surface area contributed by atoms with Crippen molar-refractivity contribution in [2.24, 2.45) is 0 Å². The van der Waals surface area contributed by atoms with Crippen LogP contribution in [0.15, 0.2) is 97.1 Å². The first-order chi connectivity index (χ1) is 34.1. The van der Waals surface area contributed by atoms with Crippen LogP contribution in [0.4, 0.5) is 17.6 Å². The van der Waals surface area contributed by atoms with Crippen LogP contribution in [0.3, 0.4) is 0 Å². The number of carbonyl (C=O) groups is 2. The monoisotopic (exact) mass is 1040 g/mol. The molecule has 0 aromatic heterocycles. The molecule has 0 saturated carbocycles. The van der Waals surface area contributed by atoms with Crippen molar-refractivity contribution < 1.29 is 66.5 Å². The van der Waals surface area contributed by atoms with E-state index in [4.69, 9.17) is 42.1 Å². The molecule has 6 aromatic carbocycles. The molecule has 0 saturated heterocycles. The normalized spacial score (nSPS) is 13.2. The lowest BCUT2D eigenvalue weighted by molar-refractivity contribution is -0.153. The third-order valence-corrected chi connectivity index (χ3v) is 13.4. The molecule has 0 fully saturated rings. The van der Waals surface area contributed by atoms with Gasteiger partial charge in [-0.25, -0.2) is 17.6 Å². The quantitative estimate of drug-likeness (QED) is 0.0451. The predicted molar refractivity (Wildman–Crippen MR) is 263 cm³/mol. The topological polar surface area (TPSA) is 158 Å². The molecule has 0 aliphatic rings. The zero-order valence-electron chi connectivity index (χ0n) is 40.3. The molecule has 6 rings (SSSR count). The van der Waals surface area contributed by atoms with Gasteiger partial charge in [-0.05, 0) is 123 Å². The highest BCUT2D eigenvalue weighted by Gasteiger charge is 2.38. The number of halogens is 6. The van der Waals surface area contributed by atoms with Gasteiger partial charge in [0.2, 0.25) is 0 Å². The first kappa shape index (κ1) is 54.9. The Morgan fingerprint density at radius 3 is 1.17 bits per heavy atom. The number of carboxylic acid groups (broad SMARTS) is 2. The average Bonchev–Trinajstić information content (AvgIpc) is 3.32. The molecule has 0 radical (unpaired) electrons. The van der Waals surface area contributed by atoms with E-state index in [-0.39, 0.29) is 83.7 Å². The van der Waals surface area contributed by atoms with E-state index < -0.39 is 59.5 Å². The van der Waals surface area contributed by atoms with Crippen LogP contribution < -0.4 is 18.9 Å². The second-order valence-corrected chi connectivity index (χ2v) is 18.7. The van der Waals surface area contributed by atoms with Crippen molar-refractivity contribution in [2.45, 2.75) is 78.3 Å². The minimum atomic E-state index is -1.66. The van der Waals surface area contributed by atoms with Crippen LogP contribution in [-0.4, -0.2) is 80.6 Å². The van der Waals surface area contributed by atoms with Crippen LogP contribution in [0.25, 0.3) is 11.1 Å². The Kier molecular flexibility index (Phi) is 17.9. The van der Waals surface area contributed by atoms with Gasteiger partial charge in [0, 0.05) is 48.5 Å². The van der Waals surface area contributed by atoms with Gasteiger partial charge in [0.1, 0.15) is 83.8 Å². The van der Waals surface area contributed by atoms with Crippen molar-refractivity contribution >= 4 is 35.1 Å². The summed E-state index contributed by atoms with van der Waals surface area (Å²) < 4.78 is 81.0. The number of likely N-dealkylation sites (N-methyl/N-ethyl adjacent to an activating group) is 2. The summed E-state index contributed by atoms with van der Waals surface area (Å²) in [5.74, 6) is -4.83. The molecule has 0 amide bonds. The van der Waals surface area contributed by atoms with E-state index in [0.29, 0.717) is 11.1 Å². The Labute approximate surface area is 424 Å². The fourth-order valence-electron chi connectivity index (χ4n) is 7.74. The molecule has 18 heteroatoms. The maximum Gasteiger partial charge on any atom is 0.326 e. The summed E-state index contributed by atoms with van der Waals surface area (Å²) in [4.78, 5) is 27.1. The molecule has 0 heterocycles. The lowest BCUT2D eigenvalue weighted by atomic mass is 9.92. The van der Waals surface area contributed by atoms with E-state index >= 15 is 0 Å².